The molecule has 0 fully saturated rings. The first kappa shape index (κ1) is 18.0. The Balaban J connectivity index is 1.70. The van der Waals surface area contributed by atoms with Gasteiger partial charge in [0.1, 0.15) is 0 Å². The van der Waals surface area contributed by atoms with Crippen molar-refractivity contribution in [2.45, 2.75) is 12.8 Å². The van der Waals surface area contributed by atoms with Gasteiger partial charge < -0.3 is 14.8 Å². The van der Waals surface area contributed by atoms with Gasteiger partial charge in [0.05, 0.1) is 14.2 Å². The van der Waals surface area contributed by atoms with E-state index in [0.717, 1.165) is 21.7 Å². The molecule has 0 spiro atoms. The molecule has 134 valence electrons. The van der Waals surface area contributed by atoms with E-state index in [9.17, 15) is 4.79 Å². The molecule has 1 N–H and O–H groups in total. The Morgan fingerprint density at radius 3 is 2.58 bits per heavy atom. The second kappa shape index (κ2) is 8.54. The highest BCUT2D eigenvalue weighted by molar-refractivity contribution is 7.13. The van der Waals surface area contributed by atoms with Crippen molar-refractivity contribution in [2.75, 3.05) is 19.5 Å². The molecule has 0 aliphatic carbocycles. The lowest BCUT2D eigenvalue weighted by atomic mass is 10.1. The molecule has 3 rings (SSSR count). The summed E-state index contributed by atoms with van der Waals surface area (Å²) in [5, 5.41) is 5.06. The summed E-state index contributed by atoms with van der Waals surface area (Å²) in [6.45, 7) is 0. The summed E-state index contributed by atoms with van der Waals surface area (Å²) in [6.07, 6.45) is 0.940. The molecule has 0 saturated heterocycles. The molecule has 0 atom stereocenters. The van der Waals surface area contributed by atoms with Crippen molar-refractivity contribution >= 4 is 22.9 Å². The van der Waals surface area contributed by atoms with Gasteiger partial charge in [-0.15, -0.1) is 11.3 Å². The molecule has 3 aromatic rings. The Kier molecular flexibility index (Phi) is 5.92. The Morgan fingerprint density at radius 1 is 1.00 bits per heavy atom. The molecule has 4 nitrogen and oxygen atoms in total. The minimum absolute atomic E-state index is 0.0288. The number of carbonyl (C=O) groups is 1. The molecule has 0 radical (unpaired) electrons. The SMILES string of the molecule is COc1cccc(CCC(=O)Nc2ccccc2-c2cccs2)c1OC. The first-order chi connectivity index (χ1) is 12.7. The summed E-state index contributed by atoms with van der Waals surface area (Å²) in [6, 6.07) is 17.6. The number of thiophene rings is 1. The first-order valence-electron chi connectivity index (χ1n) is 8.35. The van der Waals surface area contributed by atoms with Crippen LogP contribution in [0, 0.1) is 0 Å². The third kappa shape index (κ3) is 4.06. The molecule has 5 heteroatoms. The number of methoxy groups -OCH3 is 2. The van der Waals surface area contributed by atoms with Gasteiger partial charge in [-0.2, -0.15) is 0 Å². The van der Waals surface area contributed by atoms with E-state index in [1.54, 1.807) is 25.6 Å². The lowest BCUT2D eigenvalue weighted by molar-refractivity contribution is -0.116. The number of anilines is 1. The van der Waals surface area contributed by atoms with Gasteiger partial charge >= 0.3 is 0 Å². The number of benzene rings is 2. The quantitative estimate of drug-likeness (QED) is 0.639. The summed E-state index contributed by atoms with van der Waals surface area (Å²) in [4.78, 5) is 13.6. The van der Waals surface area contributed by atoms with Crippen molar-refractivity contribution in [1.29, 1.82) is 0 Å². The molecule has 0 bridgehead atoms. The minimum atomic E-state index is -0.0288. The minimum Gasteiger partial charge on any atom is -0.493 e. The van der Waals surface area contributed by atoms with E-state index in [-0.39, 0.29) is 5.91 Å². The fourth-order valence-corrected chi connectivity index (χ4v) is 3.62. The summed E-state index contributed by atoms with van der Waals surface area (Å²) in [5.41, 5.74) is 2.82. The van der Waals surface area contributed by atoms with Gasteiger partial charge in [0.25, 0.3) is 0 Å². The van der Waals surface area contributed by atoms with Crippen LogP contribution in [0.3, 0.4) is 0 Å². The molecule has 1 heterocycles. The van der Waals surface area contributed by atoms with Gasteiger partial charge in [0.2, 0.25) is 5.91 Å². The van der Waals surface area contributed by atoms with Gasteiger partial charge in [0.15, 0.2) is 11.5 Å². The van der Waals surface area contributed by atoms with Gasteiger partial charge in [0, 0.05) is 22.5 Å². The van der Waals surface area contributed by atoms with Crippen LogP contribution in [0.4, 0.5) is 5.69 Å². The molecular weight excluding hydrogens is 346 g/mol. The fourth-order valence-electron chi connectivity index (χ4n) is 2.85. The summed E-state index contributed by atoms with van der Waals surface area (Å²) >= 11 is 1.65. The first-order valence-corrected chi connectivity index (χ1v) is 9.23. The Morgan fingerprint density at radius 2 is 1.85 bits per heavy atom. The Labute approximate surface area is 157 Å². The normalized spacial score (nSPS) is 10.4. The predicted octanol–water partition coefficient (Wildman–Crippen LogP) is 5.00. The third-order valence-corrected chi connectivity index (χ3v) is 5.00. The van der Waals surface area contributed by atoms with Crippen molar-refractivity contribution in [3.8, 4) is 21.9 Å². The number of nitrogens with one attached hydrogen (secondary N) is 1. The van der Waals surface area contributed by atoms with Gasteiger partial charge in [-0.3, -0.25) is 4.79 Å². The highest BCUT2D eigenvalue weighted by atomic mass is 32.1. The van der Waals surface area contributed by atoms with Crippen LogP contribution in [0.1, 0.15) is 12.0 Å². The average Bonchev–Trinajstić information content (AvgIpc) is 3.21. The molecule has 0 saturated carbocycles. The summed E-state index contributed by atoms with van der Waals surface area (Å²) in [5.74, 6) is 1.33. The smallest absolute Gasteiger partial charge is 0.224 e. The van der Waals surface area contributed by atoms with Crippen LogP contribution in [-0.4, -0.2) is 20.1 Å². The second-order valence-electron chi connectivity index (χ2n) is 5.72. The maximum absolute atomic E-state index is 12.5. The van der Waals surface area contributed by atoms with Crippen molar-refractivity contribution in [2.24, 2.45) is 0 Å². The standard InChI is InChI=1S/C21H21NO3S/c1-24-18-10-5-7-15(21(18)25-2)12-13-20(23)22-17-9-4-3-8-16(17)19-11-6-14-26-19/h3-11,14H,12-13H2,1-2H3,(H,22,23). The van der Waals surface area contributed by atoms with Crippen molar-refractivity contribution in [1.82, 2.24) is 0 Å². The van der Waals surface area contributed by atoms with Crippen LogP contribution in [0.5, 0.6) is 11.5 Å². The maximum atomic E-state index is 12.5. The lowest BCUT2D eigenvalue weighted by Crippen LogP contribution is -2.13. The topological polar surface area (TPSA) is 47.6 Å². The van der Waals surface area contributed by atoms with Crippen LogP contribution in [0.25, 0.3) is 10.4 Å². The van der Waals surface area contributed by atoms with Crippen LogP contribution >= 0.6 is 11.3 Å². The molecule has 2 aromatic carbocycles. The van der Waals surface area contributed by atoms with Gasteiger partial charge in [-0.05, 0) is 35.6 Å². The van der Waals surface area contributed by atoms with Crippen molar-refractivity contribution in [3.63, 3.8) is 0 Å². The third-order valence-electron chi connectivity index (χ3n) is 4.09. The van der Waals surface area contributed by atoms with Crippen LogP contribution in [0.2, 0.25) is 0 Å². The number of carbonyl (C=O) groups excluding carboxylic acids is 1. The van der Waals surface area contributed by atoms with Crippen LogP contribution in [-0.2, 0) is 11.2 Å². The molecule has 0 aliphatic heterocycles. The Bertz CT molecular complexity index is 875. The van der Waals surface area contributed by atoms with Crippen molar-refractivity contribution < 1.29 is 14.3 Å². The molecule has 0 unspecified atom stereocenters. The average molecular weight is 367 g/mol. The number of para-hydroxylation sites is 2. The zero-order valence-electron chi connectivity index (χ0n) is 14.8. The van der Waals surface area contributed by atoms with E-state index in [2.05, 4.69) is 11.4 Å². The number of hydrogen-bond acceptors (Lipinski definition) is 4. The van der Waals surface area contributed by atoms with Crippen LogP contribution < -0.4 is 14.8 Å². The summed E-state index contributed by atoms with van der Waals surface area (Å²) in [7, 11) is 3.22. The Hall–Kier alpha value is -2.79. The number of amides is 1. The lowest BCUT2D eigenvalue weighted by Gasteiger charge is -2.13. The van der Waals surface area contributed by atoms with E-state index in [1.165, 1.54) is 0 Å². The zero-order valence-corrected chi connectivity index (χ0v) is 15.6. The maximum Gasteiger partial charge on any atom is 0.224 e. The molecular formula is C21H21NO3S. The number of ether oxygens (including phenoxy) is 2. The summed E-state index contributed by atoms with van der Waals surface area (Å²) < 4.78 is 10.7. The second-order valence-corrected chi connectivity index (χ2v) is 6.67. The van der Waals surface area contributed by atoms with Crippen LogP contribution in [0.15, 0.2) is 60.0 Å². The van der Waals surface area contributed by atoms with E-state index in [0.29, 0.717) is 24.3 Å². The highest BCUT2D eigenvalue weighted by Gasteiger charge is 2.13. The highest BCUT2D eigenvalue weighted by Crippen LogP contribution is 2.33. The number of aryl methyl sites for hydroxylation is 1. The van der Waals surface area contributed by atoms with E-state index in [1.807, 2.05) is 53.9 Å². The zero-order chi connectivity index (χ0) is 18.4. The molecule has 26 heavy (non-hydrogen) atoms. The number of hydrogen-bond donors (Lipinski definition) is 1. The fraction of sp³-hybridized carbons (Fsp3) is 0.190. The predicted molar refractivity (Wildman–Crippen MR) is 106 cm³/mol. The molecule has 0 aliphatic rings. The van der Waals surface area contributed by atoms with Crippen molar-refractivity contribution in [3.05, 3.63) is 65.5 Å². The molecule has 1 aromatic heterocycles. The van der Waals surface area contributed by atoms with Gasteiger partial charge in [-0.25, -0.2) is 0 Å². The van der Waals surface area contributed by atoms with E-state index in [4.69, 9.17) is 9.47 Å². The number of rotatable bonds is 7. The van der Waals surface area contributed by atoms with Gasteiger partial charge in [-0.1, -0.05) is 36.4 Å². The van der Waals surface area contributed by atoms with E-state index < -0.39 is 0 Å². The monoisotopic (exact) mass is 367 g/mol. The largest absolute Gasteiger partial charge is 0.493 e. The van der Waals surface area contributed by atoms with E-state index >= 15 is 0 Å². The molecule has 1 amide bonds.